The molecule has 0 aliphatic rings. The van der Waals surface area contributed by atoms with Crippen LogP contribution in [-0.4, -0.2) is 18.4 Å². The predicted molar refractivity (Wildman–Crippen MR) is 64.7 cm³/mol. The molecule has 0 bridgehead atoms. The smallest absolute Gasteiger partial charge is 0.330 e. The summed E-state index contributed by atoms with van der Waals surface area (Å²) < 4.78 is 5.05. The normalized spacial score (nSPS) is 10.1. The van der Waals surface area contributed by atoms with Gasteiger partial charge in [0.1, 0.15) is 12.3 Å². The lowest BCUT2D eigenvalue weighted by molar-refractivity contribution is -0.136. The highest BCUT2D eigenvalue weighted by molar-refractivity contribution is 5.83. The second-order valence-electron chi connectivity index (χ2n) is 4.16. The fraction of sp³-hybridized carbons (Fsp3) is 0.385. The molecule has 0 aliphatic heterocycles. The van der Waals surface area contributed by atoms with Gasteiger partial charge in [0, 0.05) is 5.92 Å². The molecule has 1 rings (SSSR count). The highest BCUT2D eigenvalue weighted by Crippen LogP contribution is 2.11. The standard InChI is InChI=1S/C13H17NO3/c1-9(2)13(16)14-8-12(15)17-11-6-4-10(3)5-7-11/h4-7,9H,8H2,1-3H3,(H,14,16). The molecular weight excluding hydrogens is 218 g/mol. The van der Waals surface area contributed by atoms with Crippen LogP contribution in [0.5, 0.6) is 5.75 Å². The van der Waals surface area contributed by atoms with E-state index in [0.717, 1.165) is 5.56 Å². The Balaban J connectivity index is 2.40. The van der Waals surface area contributed by atoms with Crippen LogP contribution in [0.4, 0.5) is 0 Å². The van der Waals surface area contributed by atoms with Crippen molar-refractivity contribution in [3.05, 3.63) is 29.8 Å². The van der Waals surface area contributed by atoms with Crippen LogP contribution >= 0.6 is 0 Å². The van der Waals surface area contributed by atoms with Gasteiger partial charge in [0.15, 0.2) is 0 Å². The quantitative estimate of drug-likeness (QED) is 0.638. The number of aryl methyl sites for hydroxylation is 1. The largest absolute Gasteiger partial charge is 0.425 e. The van der Waals surface area contributed by atoms with Gasteiger partial charge in [-0.25, -0.2) is 4.79 Å². The van der Waals surface area contributed by atoms with Crippen LogP contribution in [0.3, 0.4) is 0 Å². The topological polar surface area (TPSA) is 55.4 Å². The maximum Gasteiger partial charge on any atom is 0.330 e. The van der Waals surface area contributed by atoms with Crippen LogP contribution in [0.15, 0.2) is 24.3 Å². The van der Waals surface area contributed by atoms with E-state index in [1.807, 2.05) is 19.1 Å². The number of rotatable bonds is 4. The monoisotopic (exact) mass is 235 g/mol. The third kappa shape index (κ3) is 4.68. The van der Waals surface area contributed by atoms with Gasteiger partial charge in [0.05, 0.1) is 0 Å². The molecule has 0 radical (unpaired) electrons. The van der Waals surface area contributed by atoms with E-state index >= 15 is 0 Å². The van der Waals surface area contributed by atoms with E-state index in [1.165, 1.54) is 0 Å². The minimum Gasteiger partial charge on any atom is -0.425 e. The first-order valence-electron chi connectivity index (χ1n) is 5.54. The van der Waals surface area contributed by atoms with E-state index in [9.17, 15) is 9.59 Å². The zero-order valence-electron chi connectivity index (χ0n) is 10.3. The molecule has 0 fully saturated rings. The first-order chi connectivity index (χ1) is 7.99. The van der Waals surface area contributed by atoms with Crippen molar-refractivity contribution in [1.82, 2.24) is 5.32 Å². The molecule has 0 spiro atoms. The minimum absolute atomic E-state index is 0.106. The maximum absolute atomic E-state index is 11.4. The summed E-state index contributed by atoms with van der Waals surface area (Å²) >= 11 is 0. The Morgan fingerprint density at radius 2 is 1.82 bits per heavy atom. The molecule has 0 atom stereocenters. The second kappa shape index (κ2) is 6.03. The molecule has 17 heavy (non-hydrogen) atoms. The fourth-order valence-corrected chi connectivity index (χ4v) is 1.14. The molecule has 1 aromatic rings. The summed E-state index contributed by atoms with van der Waals surface area (Å²) in [5.41, 5.74) is 1.10. The predicted octanol–water partition coefficient (Wildman–Crippen LogP) is 1.67. The molecule has 4 heteroatoms. The maximum atomic E-state index is 11.4. The summed E-state index contributed by atoms with van der Waals surface area (Å²) in [7, 11) is 0. The van der Waals surface area contributed by atoms with Crippen molar-refractivity contribution in [3.8, 4) is 5.75 Å². The number of nitrogens with one attached hydrogen (secondary N) is 1. The highest BCUT2D eigenvalue weighted by atomic mass is 16.5. The van der Waals surface area contributed by atoms with E-state index in [4.69, 9.17) is 4.74 Å². The van der Waals surface area contributed by atoms with E-state index in [-0.39, 0.29) is 18.4 Å². The Morgan fingerprint density at radius 3 is 2.35 bits per heavy atom. The number of amides is 1. The van der Waals surface area contributed by atoms with E-state index in [0.29, 0.717) is 5.75 Å². The van der Waals surface area contributed by atoms with Gasteiger partial charge in [-0.3, -0.25) is 4.79 Å². The van der Waals surface area contributed by atoms with Gasteiger partial charge in [-0.1, -0.05) is 31.5 Å². The van der Waals surface area contributed by atoms with Gasteiger partial charge in [-0.05, 0) is 19.1 Å². The molecule has 1 aromatic carbocycles. The number of hydrogen-bond acceptors (Lipinski definition) is 3. The number of esters is 1. The van der Waals surface area contributed by atoms with Crippen LogP contribution in [0.25, 0.3) is 0 Å². The Hall–Kier alpha value is -1.84. The molecule has 92 valence electrons. The van der Waals surface area contributed by atoms with Gasteiger partial charge in [-0.2, -0.15) is 0 Å². The van der Waals surface area contributed by atoms with E-state index < -0.39 is 5.97 Å². The minimum atomic E-state index is -0.470. The number of benzene rings is 1. The Morgan fingerprint density at radius 1 is 1.24 bits per heavy atom. The lowest BCUT2D eigenvalue weighted by Crippen LogP contribution is -2.34. The fourth-order valence-electron chi connectivity index (χ4n) is 1.14. The SMILES string of the molecule is Cc1ccc(OC(=O)CNC(=O)C(C)C)cc1. The van der Waals surface area contributed by atoms with Crippen molar-refractivity contribution in [2.45, 2.75) is 20.8 Å². The van der Waals surface area contributed by atoms with Crippen LogP contribution in [-0.2, 0) is 9.59 Å². The lowest BCUT2D eigenvalue weighted by atomic mass is 10.2. The van der Waals surface area contributed by atoms with Crippen LogP contribution in [0, 0.1) is 12.8 Å². The summed E-state index contributed by atoms with van der Waals surface area (Å²) in [5.74, 6) is -0.282. The van der Waals surface area contributed by atoms with Crippen LogP contribution < -0.4 is 10.1 Å². The lowest BCUT2D eigenvalue weighted by Gasteiger charge is -2.07. The Kier molecular flexibility index (Phi) is 4.69. The summed E-state index contributed by atoms with van der Waals surface area (Å²) in [4.78, 5) is 22.6. The molecule has 0 heterocycles. The van der Waals surface area contributed by atoms with Crippen molar-refractivity contribution in [3.63, 3.8) is 0 Å². The summed E-state index contributed by atoms with van der Waals surface area (Å²) in [5, 5.41) is 2.50. The van der Waals surface area contributed by atoms with Crippen molar-refractivity contribution in [1.29, 1.82) is 0 Å². The van der Waals surface area contributed by atoms with Gasteiger partial charge in [-0.15, -0.1) is 0 Å². The summed E-state index contributed by atoms with van der Waals surface area (Å²) in [6.45, 7) is 5.38. The van der Waals surface area contributed by atoms with Gasteiger partial charge in [0.25, 0.3) is 0 Å². The third-order valence-electron chi connectivity index (χ3n) is 2.18. The van der Waals surface area contributed by atoms with Gasteiger partial charge < -0.3 is 10.1 Å². The molecule has 4 nitrogen and oxygen atoms in total. The molecule has 0 saturated heterocycles. The van der Waals surface area contributed by atoms with Crippen molar-refractivity contribution >= 4 is 11.9 Å². The Labute approximate surface area is 101 Å². The molecule has 1 N–H and O–H groups in total. The molecule has 1 amide bonds. The Bertz CT molecular complexity index is 396. The van der Waals surface area contributed by atoms with Crippen molar-refractivity contribution in [2.75, 3.05) is 6.54 Å². The van der Waals surface area contributed by atoms with E-state index in [1.54, 1.807) is 26.0 Å². The van der Waals surface area contributed by atoms with Gasteiger partial charge >= 0.3 is 5.97 Å². The van der Waals surface area contributed by atoms with Crippen LogP contribution in [0.1, 0.15) is 19.4 Å². The van der Waals surface area contributed by atoms with Crippen molar-refractivity contribution < 1.29 is 14.3 Å². The summed E-state index contributed by atoms with van der Waals surface area (Å²) in [6.07, 6.45) is 0. The molecule has 0 saturated carbocycles. The average molecular weight is 235 g/mol. The molecular formula is C13H17NO3. The zero-order chi connectivity index (χ0) is 12.8. The van der Waals surface area contributed by atoms with E-state index in [2.05, 4.69) is 5.32 Å². The first kappa shape index (κ1) is 13.2. The average Bonchev–Trinajstić information content (AvgIpc) is 2.29. The highest BCUT2D eigenvalue weighted by Gasteiger charge is 2.10. The first-order valence-corrected chi connectivity index (χ1v) is 5.54. The van der Waals surface area contributed by atoms with Gasteiger partial charge in [0.2, 0.25) is 5.91 Å². The van der Waals surface area contributed by atoms with Crippen molar-refractivity contribution in [2.24, 2.45) is 5.92 Å². The second-order valence-corrected chi connectivity index (χ2v) is 4.16. The number of hydrogen-bond donors (Lipinski definition) is 1. The molecule has 0 aliphatic carbocycles. The number of carbonyl (C=O) groups is 2. The third-order valence-corrected chi connectivity index (χ3v) is 2.18. The molecule has 0 unspecified atom stereocenters. The zero-order valence-corrected chi connectivity index (χ0v) is 10.3. The summed E-state index contributed by atoms with van der Waals surface area (Å²) in [6, 6.07) is 7.15. The molecule has 0 aromatic heterocycles. The number of carbonyl (C=O) groups excluding carboxylic acids is 2. The number of ether oxygens (including phenoxy) is 1. The van der Waals surface area contributed by atoms with Crippen LogP contribution in [0.2, 0.25) is 0 Å².